The summed E-state index contributed by atoms with van der Waals surface area (Å²) in [6, 6.07) is 0. The summed E-state index contributed by atoms with van der Waals surface area (Å²) in [4.78, 5) is 19.1. The lowest BCUT2D eigenvalue weighted by Gasteiger charge is -2.25. The normalized spacial score (nSPS) is 23.2. The molecule has 1 aliphatic carbocycles. The Morgan fingerprint density at radius 1 is 0.833 bits per heavy atom. The van der Waals surface area contributed by atoms with Crippen LogP contribution in [0.3, 0.4) is 0 Å². The Labute approximate surface area is 106 Å². The zero-order chi connectivity index (χ0) is 14.0. The SMILES string of the molecule is O=C(O)/C=C/C(=O)O.OCC1CCC(CO)CC1. The van der Waals surface area contributed by atoms with E-state index in [0.29, 0.717) is 37.2 Å². The lowest BCUT2D eigenvalue weighted by Crippen LogP contribution is -2.19. The average Bonchev–Trinajstić information content (AvgIpc) is 2.37. The van der Waals surface area contributed by atoms with Gasteiger partial charge in [-0.1, -0.05) is 0 Å². The molecule has 0 spiro atoms. The molecule has 0 bridgehead atoms. The third kappa shape index (κ3) is 8.72. The fourth-order valence-corrected chi connectivity index (χ4v) is 1.74. The fourth-order valence-electron chi connectivity index (χ4n) is 1.74. The van der Waals surface area contributed by atoms with Crippen molar-refractivity contribution in [3.8, 4) is 0 Å². The van der Waals surface area contributed by atoms with Gasteiger partial charge in [0.15, 0.2) is 0 Å². The quantitative estimate of drug-likeness (QED) is 0.547. The maximum Gasteiger partial charge on any atom is 0.328 e. The van der Waals surface area contributed by atoms with Gasteiger partial charge in [0.2, 0.25) is 0 Å². The molecule has 4 N–H and O–H groups in total. The van der Waals surface area contributed by atoms with E-state index in [1.54, 1.807) is 0 Å². The van der Waals surface area contributed by atoms with Gasteiger partial charge in [-0.3, -0.25) is 0 Å². The van der Waals surface area contributed by atoms with Crippen molar-refractivity contribution in [2.75, 3.05) is 13.2 Å². The molecule has 1 fully saturated rings. The van der Waals surface area contributed by atoms with Crippen LogP contribution >= 0.6 is 0 Å². The smallest absolute Gasteiger partial charge is 0.328 e. The van der Waals surface area contributed by atoms with Crippen LogP contribution in [-0.2, 0) is 9.59 Å². The minimum Gasteiger partial charge on any atom is -0.478 e. The minimum atomic E-state index is -1.26. The molecule has 0 unspecified atom stereocenters. The Balaban J connectivity index is 0.000000331. The number of hydrogen-bond acceptors (Lipinski definition) is 4. The van der Waals surface area contributed by atoms with Gasteiger partial charge >= 0.3 is 11.9 Å². The number of carboxylic acids is 2. The van der Waals surface area contributed by atoms with E-state index >= 15 is 0 Å². The van der Waals surface area contributed by atoms with Crippen LogP contribution < -0.4 is 0 Å². The lowest BCUT2D eigenvalue weighted by molar-refractivity contribution is -0.134. The largest absolute Gasteiger partial charge is 0.478 e. The van der Waals surface area contributed by atoms with Crippen LogP contribution in [0, 0.1) is 11.8 Å². The molecule has 1 aliphatic rings. The number of rotatable bonds is 4. The standard InChI is InChI=1S/C8H16O2.C4H4O4/c9-5-7-1-2-8(6-10)4-3-7;5-3(6)1-2-4(7)8/h7-10H,1-6H2;1-2H,(H,5,6)(H,7,8)/b;2-1+. The Morgan fingerprint density at radius 2 is 1.11 bits per heavy atom. The van der Waals surface area contributed by atoms with Crippen LogP contribution in [0.15, 0.2) is 12.2 Å². The molecular weight excluding hydrogens is 240 g/mol. The molecule has 1 saturated carbocycles. The third-order valence-corrected chi connectivity index (χ3v) is 2.85. The minimum absolute atomic E-state index is 0.331. The number of carbonyl (C=O) groups is 2. The highest BCUT2D eigenvalue weighted by Gasteiger charge is 2.19. The highest BCUT2D eigenvalue weighted by molar-refractivity contribution is 5.89. The first-order chi connectivity index (χ1) is 8.49. The number of aliphatic hydroxyl groups is 2. The zero-order valence-electron chi connectivity index (χ0n) is 10.2. The second-order valence-corrected chi connectivity index (χ2v) is 4.26. The van der Waals surface area contributed by atoms with Crippen molar-refractivity contribution in [3.63, 3.8) is 0 Å². The Kier molecular flexibility index (Phi) is 8.86. The Bertz CT molecular complexity index is 250. The fraction of sp³-hybridized carbons (Fsp3) is 0.667. The van der Waals surface area contributed by atoms with Gasteiger partial charge < -0.3 is 20.4 Å². The molecule has 0 aliphatic heterocycles. The second-order valence-electron chi connectivity index (χ2n) is 4.26. The van der Waals surface area contributed by atoms with Gasteiger partial charge in [-0.15, -0.1) is 0 Å². The molecule has 6 heteroatoms. The molecule has 0 heterocycles. The van der Waals surface area contributed by atoms with Crippen LogP contribution in [0.2, 0.25) is 0 Å². The summed E-state index contributed by atoms with van der Waals surface area (Å²) >= 11 is 0. The Morgan fingerprint density at radius 3 is 1.28 bits per heavy atom. The topological polar surface area (TPSA) is 115 Å². The summed E-state index contributed by atoms with van der Waals surface area (Å²) in [7, 11) is 0. The summed E-state index contributed by atoms with van der Waals surface area (Å²) < 4.78 is 0. The third-order valence-electron chi connectivity index (χ3n) is 2.85. The number of carboxylic acid groups (broad SMARTS) is 2. The molecule has 0 atom stereocenters. The van der Waals surface area contributed by atoms with Gasteiger partial charge in [0.05, 0.1) is 0 Å². The molecule has 1 rings (SSSR count). The van der Waals surface area contributed by atoms with Crippen LogP contribution in [0.25, 0.3) is 0 Å². The van der Waals surface area contributed by atoms with E-state index in [0.717, 1.165) is 25.7 Å². The predicted molar refractivity (Wildman–Crippen MR) is 64.0 cm³/mol. The molecular formula is C12H20O6. The van der Waals surface area contributed by atoms with Crippen molar-refractivity contribution in [1.29, 1.82) is 0 Å². The molecule has 0 radical (unpaired) electrons. The first-order valence-corrected chi connectivity index (χ1v) is 5.85. The summed E-state index contributed by atoms with van der Waals surface area (Å²) in [5, 5.41) is 33.2. The maximum atomic E-state index is 9.55. The molecule has 18 heavy (non-hydrogen) atoms. The van der Waals surface area contributed by atoms with E-state index in [2.05, 4.69) is 0 Å². The van der Waals surface area contributed by atoms with Crippen molar-refractivity contribution < 1.29 is 30.0 Å². The van der Waals surface area contributed by atoms with Crippen molar-refractivity contribution in [2.24, 2.45) is 11.8 Å². The highest BCUT2D eigenvalue weighted by Crippen LogP contribution is 2.27. The monoisotopic (exact) mass is 260 g/mol. The van der Waals surface area contributed by atoms with Gasteiger partial charge in [0.1, 0.15) is 0 Å². The highest BCUT2D eigenvalue weighted by atomic mass is 16.4. The van der Waals surface area contributed by atoms with E-state index in [9.17, 15) is 9.59 Å². The first kappa shape index (κ1) is 16.6. The summed E-state index contributed by atoms with van der Waals surface area (Å²) in [6.45, 7) is 0.663. The molecule has 104 valence electrons. The van der Waals surface area contributed by atoms with Gasteiger partial charge in [-0.05, 0) is 37.5 Å². The van der Waals surface area contributed by atoms with Gasteiger partial charge in [0, 0.05) is 25.4 Å². The van der Waals surface area contributed by atoms with E-state index in [-0.39, 0.29) is 0 Å². The van der Waals surface area contributed by atoms with Crippen molar-refractivity contribution in [3.05, 3.63) is 12.2 Å². The van der Waals surface area contributed by atoms with E-state index in [1.165, 1.54) is 0 Å². The predicted octanol–water partition coefficient (Wildman–Crippen LogP) is 0.489. The molecule has 0 amide bonds. The van der Waals surface area contributed by atoms with Crippen LogP contribution in [-0.4, -0.2) is 45.6 Å². The van der Waals surface area contributed by atoms with Crippen LogP contribution in [0.4, 0.5) is 0 Å². The number of aliphatic carboxylic acids is 2. The molecule has 0 aromatic heterocycles. The maximum absolute atomic E-state index is 9.55. The first-order valence-electron chi connectivity index (χ1n) is 5.85. The summed E-state index contributed by atoms with van der Waals surface area (Å²) in [6.07, 6.45) is 5.51. The number of hydrogen-bond donors (Lipinski definition) is 4. The van der Waals surface area contributed by atoms with Crippen molar-refractivity contribution in [1.82, 2.24) is 0 Å². The van der Waals surface area contributed by atoms with E-state index in [4.69, 9.17) is 20.4 Å². The summed E-state index contributed by atoms with van der Waals surface area (Å²) in [5.41, 5.74) is 0. The molecule has 0 saturated heterocycles. The summed E-state index contributed by atoms with van der Waals surface area (Å²) in [5.74, 6) is -1.48. The second kappa shape index (κ2) is 9.61. The Hall–Kier alpha value is -1.40. The van der Waals surface area contributed by atoms with Crippen molar-refractivity contribution in [2.45, 2.75) is 25.7 Å². The molecule has 0 aromatic rings. The van der Waals surface area contributed by atoms with Gasteiger partial charge in [-0.2, -0.15) is 0 Å². The molecule has 6 nitrogen and oxygen atoms in total. The van der Waals surface area contributed by atoms with E-state index in [1.807, 2.05) is 0 Å². The van der Waals surface area contributed by atoms with Crippen LogP contribution in [0.5, 0.6) is 0 Å². The lowest BCUT2D eigenvalue weighted by atomic mass is 9.83. The average molecular weight is 260 g/mol. The van der Waals surface area contributed by atoms with Gasteiger partial charge in [0.25, 0.3) is 0 Å². The van der Waals surface area contributed by atoms with Crippen LogP contribution in [0.1, 0.15) is 25.7 Å². The zero-order valence-corrected chi connectivity index (χ0v) is 10.2. The van der Waals surface area contributed by atoms with Gasteiger partial charge in [-0.25, -0.2) is 9.59 Å². The van der Waals surface area contributed by atoms with E-state index < -0.39 is 11.9 Å². The number of aliphatic hydroxyl groups excluding tert-OH is 2. The van der Waals surface area contributed by atoms with Crippen molar-refractivity contribution >= 4 is 11.9 Å². The molecule has 0 aromatic carbocycles.